The Labute approximate surface area is 123 Å². The molecule has 1 saturated heterocycles. The summed E-state index contributed by atoms with van der Waals surface area (Å²) < 4.78 is 28.1. The molecule has 0 amide bonds. The molecule has 0 spiro atoms. The SMILES string of the molecule is O=S(=O)(c1ccc(Br)cc1)N1CCC2CCCCC21. The van der Waals surface area contributed by atoms with Crippen LogP contribution in [0.5, 0.6) is 0 Å². The first kappa shape index (κ1) is 13.6. The number of hydrogen-bond donors (Lipinski definition) is 0. The highest BCUT2D eigenvalue weighted by atomic mass is 79.9. The largest absolute Gasteiger partial charge is 0.243 e. The smallest absolute Gasteiger partial charge is 0.207 e. The van der Waals surface area contributed by atoms with E-state index in [0.717, 1.165) is 23.7 Å². The van der Waals surface area contributed by atoms with Gasteiger partial charge in [-0.1, -0.05) is 28.8 Å². The third kappa shape index (κ3) is 2.48. The van der Waals surface area contributed by atoms with Gasteiger partial charge < -0.3 is 0 Å². The fraction of sp³-hybridized carbons (Fsp3) is 0.571. The minimum atomic E-state index is -3.31. The lowest BCUT2D eigenvalue weighted by atomic mass is 9.86. The van der Waals surface area contributed by atoms with E-state index in [1.807, 2.05) is 0 Å². The second-order valence-electron chi connectivity index (χ2n) is 5.47. The maximum absolute atomic E-state index is 12.7. The maximum atomic E-state index is 12.7. The molecule has 2 fully saturated rings. The minimum absolute atomic E-state index is 0.238. The quantitative estimate of drug-likeness (QED) is 0.825. The molecule has 1 saturated carbocycles. The van der Waals surface area contributed by atoms with Crippen molar-refractivity contribution in [2.45, 2.75) is 43.0 Å². The minimum Gasteiger partial charge on any atom is -0.207 e. The van der Waals surface area contributed by atoms with E-state index in [1.54, 1.807) is 28.6 Å². The molecule has 0 aromatic heterocycles. The van der Waals surface area contributed by atoms with Gasteiger partial charge in [-0.15, -0.1) is 0 Å². The lowest BCUT2D eigenvalue weighted by Gasteiger charge is -2.31. The maximum Gasteiger partial charge on any atom is 0.243 e. The molecule has 1 aromatic carbocycles. The summed E-state index contributed by atoms with van der Waals surface area (Å²) in [6.45, 7) is 0.688. The standard InChI is InChI=1S/C14H18BrNO2S/c15-12-5-7-13(8-6-12)19(17,18)16-10-9-11-3-1-2-4-14(11)16/h5-8,11,14H,1-4,9-10H2. The summed E-state index contributed by atoms with van der Waals surface area (Å²) in [7, 11) is -3.31. The monoisotopic (exact) mass is 343 g/mol. The van der Waals surface area contributed by atoms with E-state index in [4.69, 9.17) is 0 Å². The fourth-order valence-corrected chi connectivity index (χ4v) is 5.40. The van der Waals surface area contributed by atoms with Gasteiger partial charge in [0.15, 0.2) is 0 Å². The van der Waals surface area contributed by atoms with Gasteiger partial charge in [-0.3, -0.25) is 0 Å². The molecule has 19 heavy (non-hydrogen) atoms. The third-order valence-corrected chi connectivity index (χ3v) is 6.85. The van der Waals surface area contributed by atoms with Crippen LogP contribution in [0.2, 0.25) is 0 Å². The summed E-state index contributed by atoms with van der Waals surface area (Å²) in [4.78, 5) is 0.418. The zero-order chi connectivity index (χ0) is 13.5. The van der Waals surface area contributed by atoms with Crippen molar-refractivity contribution in [2.75, 3.05) is 6.54 Å². The lowest BCUT2D eigenvalue weighted by molar-refractivity contribution is 0.260. The summed E-state index contributed by atoms with van der Waals surface area (Å²) in [6.07, 6.45) is 5.67. The lowest BCUT2D eigenvalue weighted by Crippen LogP contribution is -2.39. The highest BCUT2D eigenvalue weighted by Crippen LogP contribution is 2.39. The molecule has 2 atom stereocenters. The van der Waals surface area contributed by atoms with Crippen LogP contribution in [0, 0.1) is 5.92 Å². The molecule has 0 radical (unpaired) electrons. The van der Waals surface area contributed by atoms with E-state index in [9.17, 15) is 8.42 Å². The zero-order valence-electron chi connectivity index (χ0n) is 10.8. The Hall–Kier alpha value is -0.390. The second kappa shape index (κ2) is 5.19. The Balaban J connectivity index is 1.90. The van der Waals surface area contributed by atoms with E-state index < -0.39 is 10.0 Å². The van der Waals surface area contributed by atoms with Gasteiger partial charge in [0.1, 0.15) is 0 Å². The first-order valence-corrected chi connectivity index (χ1v) is 9.10. The number of benzene rings is 1. The number of rotatable bonds is 2. The van der Waals surface area contributed by atoms with E-state index in [0.29, 0.717) is 17.4 Å². The van der Waals surface area contributed by atoms with E-state index in [2.05, 4.69) is 15.9 Å². The van der Waals surface area contributed by atoms with Crippen LogP contribution in [-0.2, 0) is 10.0 Å². The third-order valence-electron chi connectivity index (χ3n) is 4.38. The molecular weight excluding hydrogens is 326 g/mol. The van der Waals surface area contributed by atoms with Crippen LogP contribution in [0.4, 0.5) is 0 Å². The van der Waals surface area contributed by atoms with Crippen molar-refractivity contribution in [1.82, 2.24) is 4.31 Å². The molecule has 1 aromatic rings. The average molecular weight is 344 g/mol. The molecule has 2 unspecified atom stereocenters. The molecule has 0 N–H and O–H groups in total. The predicted molar refractivity (Wildman–Crippen MR) is 78.4 cm³/mol. The van der Waals surface area contributed by atoms with Gasteiger partial charge in [0, 0.05) is 17.1 Å². The van der Waals surface area contributed by atoms with Crippen molar-refractivity contribution in [1.29, 1.82) is 0 Å². The number of sulfonamides is 1. The van der Waals surface area contributed by atoms with E-state index >= 15 is 0 Å². The Kier molecular flexibility index (Phi) is 3.71. The Bertz CT molecular complexity index is 555. The normalized spacial score (nSPS) is 28.3. The van der Waals surface area contributed by atoms with Gasteiger partial charge in [-0.2, -0.15) is 4.31 Å². The second-order valence-corrected chi connectivity index (χ2v) is 8.28. The molecule has 104 valence electrons. The number of nitrogens with zero attached hydrogens (tertiary/aromatic N) is 1. The Morgan fingerprint density at radius 3 is 2.47 bits per heavy atom. The molecule has 3 rings (SSSR count). The van der Waals surface area contributed by atoms with Crippen LogP contribution in [0.15, 0.2) is 33.6 Å². The topological polar surface area (TPSA) is 37.4 Å². The highest BCUT2D eigenvalue weighted by Gasteiger charge is 2.42. The molecule has 3 nitrogen and oxygen atoms in total. The first-order valence-electron chi connectivity index (χ1n) is 6.86. The van der Waals surface area contributed by atoms with Crippen LogP contribution >= 0.6 is 15.9 Å². The Morgan fingerprint density at radius 1 is 1.05 bits per heavy atom. The molecule has 5 heteroatoms. The van der Waals surface area contributed by atoms with Crippen LogP contribution < -0.4 is 0 Å². The van der Waals surface area contributed by atoms with Crippen LogP contribution in [0.3, 0.4) is 0 Å². The van der Waals surface area contributed by atoms with Gasteiger partial charge in [0.25, 0.3) is 0 Å². The highest BCUT2D eigenvalue weighted by molar-refractivity contribution is 9.10. The van der Waals surface area contributed by atoms with E-state index in [-0.39, 0.29) is 6.04 Å². The van der Waals surface area contributed by atoms with Crippen molar-refractivity contribution < 1.29 is 8.42 Å². The number of halogens is 1. The van der Waals surface area contributed by atoms with Gasteiger partial charge in [-0.25, -0.2) is 8.42 Å². The molecule has 0 bridgehead atoms. The average Bonchev–Trinajstić information content (AvgIpc) is 2.83. The molecule has 1 aliphatic carbocycles. The van der Waals surface area contributed by atoms with Gasteiger partial charge >= 0.3 is 0 Å². The fourth-order valence-electron chi connectivity index (χ4n) is 3.40. The zero-order valence-corrected chi connectivity index (χ0v) is 13.2. The summed E-state index contributed by atoms with van der Waals surface area (Å²) in [5.74, 6) is 0.582. The number of fused-ring (bicyclic) bond motifs is 1. The van der Waals surface area contributed by atoms with Gasteiger partial charge in [-0.05, 0) is 49.4 Å². The number of hydrogen-bond acceptors (Lipinski definition) is 2. The Morgan fingerprint density at radius 2 is 1.74 bits per heavy atom. The van der Waals surface area contributed by atoms with Crippen molar-refractivity contribution in [3.63, 3.8) is 0 Å². The molecular formula is C14H18BrNO2S. The summed E-state index contributed by atoms with van der Waals surface area (Å²) in [6, 6.07) is 7.20. The van der Waals surface area contributed by atoms with Crippen LogP contribution in [0.25, 0.3) is 0 Å². The van der Waals surface area contributed by atoms with Crippen molar-refractivity contribution in [3.8, 4) is 0 Å². The molecule has 1 heterocycles. The summed E-state index contributed by atoms with van der Waals surface area (Å²) >= 11 is 3.34. The van der Waals surface area contributed by atoms with Gasteiger partial charge in [0.05, 0.1) is 4.90 Å². The summed E-state index contributed by atoms with van der Waals surface area (Å²) in [5, 5.41) is 0. The van der Waals surface area contributed by atoms with Crippen LogP contribution in [-0.4, -0.2) is 25.3 Å². The van der Waals surface area contributed by atoms with Crippen LogP contribution in [0.1, 0.15) is 32.1 Å². The first-order chi connectivity index (χ1) is 9.09. The van der Waals surface area contributed by atoms with Crippen molar-refractivity contribution in [3.05, 3.63) is 28.7 Å². The molecule has 2 aliphatic rings. The van der Waals surface area contributed by atoms with E-state index in [1.165, 1.54) is 12.8 Å². The predicted octanol–water partition coefficient (Wildman–Crippen LogP) is 3.40. The summed E-state index contributed by atoms with van der Waals surface area (Å²) in [5.41, 5.74) is 0. The van der Waals surface area contributed by atoms with Gasteiger partial charge in [0.2, 0.25) is 10.0 Å². The van der Waals surface area contributed by atoms with Crippen molar-refractivity contribution >= 4 is 26.0 Å². The molecule has 1 aliphatic heterocycles. The van der Waals surface area contributed by atoms with Crippen molar-refractivity contribution in [2.24, 2.45) is 5.92 Å².